The Labute approximate surface area is 224 Å². The van der Waals surface area contributed by atoms with Gasteiger partial charge < -0.3 is 24.4 Å². The smallest absolute Gasteiger partial charge is 0.348 e. The molecule has 1 aliphatic rings. The summed E-state index contributed by atoms with van der Waals surface area (Å²) in [5.74, 6) is -2.83. The van der Waals surface area contributed by atoms with Gasteiger partial charge in [0.15, 0.2) is 11.6 Å². The van der Waals surface area contributed by atoms with Gasteiger partial charge in [0.1, 0.15) is 17.4 Å². The van der Waals surface area contributed by atoms with Gasteiger partial charge in [-0.05, 0) is 54.4 Å². The second kappa shape index (κ2) is 11.7. The highest BCUT2D eigenvalue weighted by molar-refractivity contribution is 5.78. The lowest BCUT2D eigenvalue weighted by Gasteiger charge is -2.26. The molecule has 0 aliphatic carbocycles. The van der Waals surface area contributed by atoms with E-state index < -0.39 is 29.0 Å². The van der Waals surface area contributed by atoms with E-state index in [0.717, 1.165) is 6.07 Å². The molecule has 1 saturated heterocycles. The Hall–Kier alpha value is -4.21. The van der Waals surface area contributed by atoms with Crippen LogP contribution in [0, 0.1) is 17.5 Å². The first-order valence-electron chi connectivity index (χ1n) is 12.4. The normalized spacial score (nSPS) is 16.7. The first kappa shape index (κ1) is 27.8. The van der Waals surface area contributed by atoms with E-state index in [2.05, 4.69) is 0 Å². The quantitative estimate of drug-likeness (QED) is 0.357. The molecule has 0 aromatic heterocycles. The predicted molar refractivity (Wildman–Crippen MR) is 137 cm³/mol. The third-order valence-electron chi connectivity index (χ3n) is 6.66. The van der Waals surface area contributed by atoms with E-state index in [1.54, 1.807) is 42.3 Å². The lowest BCUT2D eigenvalue weighted by atomic mass is 9.96. The molecule has 1 N–H and O–H groups in total. The van der Waals surface area contributed by atoms with Gasteiger partial charge in [-0.2, -0.15) is 0 Å². The molecule has 10 heteroatoms. The van der Waals surface area contributed by atoms with E-state index in [0.29, 0.717) is 36.4 Å². The molecule has 2 unspecified atom stereocenters. The number of urea groups is 1. The number of carbonyl (C=O) groups excluding carboxylic acids is 1. The number of rotatable bonds is 11. The summed E-state index contributed by atoms with van der Waals surface area (Å²) in [6, 6.07) is 15.3. The average molecular weight is 543 g/mol. The summed E-state index contributed by atoms with van der Waals surface area (Å²) in [4.78, 5) is 27.7. The number of benzene rings is 3. The lowest BCUT2D eigenvalue weighted by molar-refractivity contribution is -0.153. The standard InChI is InChI=1S/C29H29F3N2O5/c1-29(27(35)36,39-26-6-4-3-5-25(26)32)16-19-7-9-24(10-8-19)38-12-11-23-18-34(28(37)33(23)2)17-20-13-21(30)15-22(31)14-20/h3-10,13-15,23H,11-12,16-18H2,1-2H3,(H,35,36). The maximum atomic E-state index is 14.0. The summed E-state index contributed by atoms with van der Waals surface area (Å²) in [6.07, 6.45) is 0.530. The Morgan fingerprint density at radius 1 is 1.03 bits per heavy atom. The Morgan fingerprint density at radius 2 is 1.69 bits per heavy atom. The van der Waals surface area contributed by atoms with E-state index in [9.17, 15) is 27.9 Å². The van der Waals surface area contributed by atoms with Gasteiger partial charge in [-0.15, -0.1) is 0 Å². The van der Waals surface area contributed by atoms with Crippen molar-refractivity contribution in [3.63, 3.8) is 0 Å². The monoisotopic (exact) mass is 542 g/mol. The molecule has 2 atom stereocenters. The fourth-order valence-corrected chi connectivity index (χ4v) is 4.51. The third-order valence-corrected chi connectivity index (χ3v) is 6.66. The van der Waals surface area contributed by atoms with Crippen molar-refractivity contribution in [2.45, 2.75) is 38.0 Å². The molecule has 7 nitrogen and oxygen atoms in total. The highest BCUT2D eigenvalue weighted by atomic mass is 19.1. The fourth-order valence-electron chi connectivity index (χ4n) is 4.51. The lowest BCUT2D eigenvalue weighted by Crippen LogP contribution is -2.43. The number of ether oxygens (including phenoxy) is 2. The van der Waals surface area contributed by atoms with Gasteiger partial charge in [0.2, 0.25) is 5.60 Å². The summed E-state index contributed by atoms with van der Waals surface area (Å²) in [7, 11) is 1.68. The van der Waals surface area contributed by atoms with Crippen LogP contribution in [0.5, 0.6) is 11.5 Å². The first-order valence-corrected chi connectivity index (χ1v) is 12.4. The molecule has 206 valence electrons. The van der Waals surface area contributed by atoms with Crippen LogP contribution in [0.2, 0.25) is 0 Å². The molecule has 39 heavy (non-hydrogen) atoms. The Balaban J connectivity index is 1.30. The Morgan fingerprint density at radius 3 is 2.33 bits per heavy atom. The number of carboxylic acid groups (broad SMARTS) is 1. The van der Waals surface area contributed by atoms with Gasteiger partial charge in [0.25, 0.3) is 0 Å². The SMILES string of the molecule is CN1C(=O)N(Cc2cc(F)cc(F)c2)CC1CCOc1ccc(CC(C)(Oc2ccccc2F)C(=O)O)cc1. The molecular weight excluding hydrogens is 513 g/mol. The van der Waals surface area contributed by atoms with Crippen molar-refractivity contribution in [3.8, 4) is 11.5 Å². The maximum Gasteiger partial charge on any atom is 0.348 e. The van der Waals surface area contributed by atoms with Crippen molar-refractivity contribution in [2.75, 3.05) is 20.2 Å². The summed E-state index contributed by atoms with van der Waals surface area (Å²) < 4.78 is 52.4. The summed E-state index contributed by atoms with van der Waals surface area (Å²) in [5, 5.41) is 9.75. The fraction of sp³-hybridized carbons (Fsp3) is 0.310. The van der Waals surface area contributed by atoms with Crippen LogP contribution in [0.1, 0.15) is 24.5 Å². The van der Waals surface area contributed by atoms with Gasteiger partial charge in [-0.3, -0.25) is 0 Å². The van der Waals surface area contributed by atoms with Crippen molar-refractivity contribution in [1.82, 2.24) is 9.80 Å². The maximum absolute atomic E-state index is 14.0. The van der Waals surface area contributed by atoms with Crippen molar-refractivity contribution in [3.05, 3.63) is 95.3 Å². The first-order chi connectivity index (χ1) is 18.5. The Kier molecular flexibility index (Phi) is 8.32. The number of carbonyl (C=O) groups is 2. The number of aliphatic carboxylic acids is 1. The molecule has 3 aromatic carbocycles. The molecule has 2 amide bonds. The van der Waals surface area contributed by atoms with Crippen molar-refractivity contribution < 1.29 is 37.3 Å². The molecule has 1 fully saturated rings. The number of nitrogens with zero attached hydrogens (tertiary/aromatic N) is 2. The molecule has 3 aromatic rings. The second-order valence-corrected chi connectivity index (χ2v) is 9.73. The zero-order valence-electron chi connectivity index (χ0n) is 21.6. The van der Waals surface area contributed by atoms with Crippen LogP contribution in [0.4, 0.5) is 18.0 Å². The van der Waals surface area contributed by atoms with Crippen LogP contribution < -0.4 is 9.47 Å². The van der Waals surface area contributed by atoms with E-state index >= 15 is 0 Å². The number of hydrogen-bond donors (Lipinski definition) is 1. The largest absolute Gasteiger partial charge is 0.494 e. The summed E-state index contributed by atoms with van der Waals surface area (Å²) in [6.45, 7) is 2.20. The molecule has 0 bridgehead atoms. The van der Waals surface area contributed by atoms with Crippen LogP contribution in [0.25, 0.3) is 0 Å². The Bertz CT molecular complexity index is 1320. The molecule has 1 heterocycles. The van der Waals surface area contributed by atoms with Crippen molar-refractivity contribution in [2.24, 2.45) is 0 Å². The number of amides is 2. The molecule has 0 radical (unpaired) electrons. The van der Waals surface area contributed by atoms with E-state index in [1.807, 2.05) is 0 Å². The second-order valence-electron chi connectivity index (χ2n) is 9.73. The zero-order valence-corrected chi connectivity index (χ0v) is 21.6. The highest BCUT2D eigenvalue weighted by Gasteiger charge is 2.37. The third kappa shape index (κ3) is 6.81. The minimum Gasteiger partial charge on any atom is -0.494 e. The van der Waals surface area contributed by atoms with Crippen LogP contribution in [0.3, 0.4) is 0 Å². The summed E-state index contributed by atoms with van der Waals surface area (Å²) in [5.41, 5.74) is -0.647. The predicted octanol–water partition coefficient (Wildman–Crippen LogP) is 5.27. The van der Waals surface area contributed by atoms with Gasteiger partial charge in [0.05, 0.1) is 12.6 Å². The van der Waals surface area contributed by atoms with Gasteiger partial charge in [-0.25, -0.2) is 22.8 Å². The van der Waals surface area contributed by atoms with Gasteiger partial charge in [0, 0.05) is 39.0 Å². The minimum absolute atomic E-state index is 0.00300. The number of halogens is 3. The van der Waals surface area contributed by atoms with Gasteiger partial charge in [-0.1, -0.05) is 24.3 Å². The van der Waals surface area contributed by atoms with Crippen molar-refractivity contribution in [1.29, 1.82) is 0 Å². The molecule has 0 spiro atoms. The van der Waals surface area contributed by atoms with Crippen LogP contribution >= 0.6 is 0 Å². The van der Waals surface area contributed by atoms with Crippen LogP contribution in [-0.4, -0.2) is 58.7 Å². The van der Waals surface area contributed by atoms with Crippen molar-refractivity contribution >= 4 is 12.0 Å². The molecule has 1 aliphatic heterocycles. The molecule has 4 rings (SSSR count). The number of para-hydroxylation sites is 1. The van der Waals surface area contributed by atoms with Gasteiger partial charge >= 0.3 is 12.0 Å². The average Bonchev–Trinajstić information content (AvgIpc) is 3.13. The topological polar surface area (TPSA) is 79.3 Å². The van der Waals surface area contributed by atoms with Crippen LogP contribution in [-0.2, 0) is 17.8 Å². The highest BCUT2D eigenvalue weighted by Crippen LogP contribution is 2.26. The molecule has 0 saturated carbocycles. The summed E-state index contributed by atoms with van der Waals surface area (Å²) >= 11 is 0. The number of carboxylic acids is 1. The van der Waals surface area contributed by atoms with E-state index in [4.69, 9.17) is 9.47 Å². The molecular formula is C29H29F3N2O5. The number of likely N-dealkylation sites (N-methyl/N-ethyl adjacent to an activating group) is 1. The minimum atomic E-state index is -1.69. The van der Waals surface area contributed by atoms with Crippen LogP contribution in [0.15, 0.2) is 66.7 Å². The van der Waals surface area contributed by atoms with E-state index in [-0.39, 0.29) is 30.8 Å². The number of hydrogen-bond acceptors (Lipinski definition) is 4. The zero-order chi connectivity index (χ0) is 28.2. The van der Waals surface area contributed by atoms with E-state index in [1.165, 1.54) is 42.2 Å².